The van der Waals surface area contributed by atoms with E-state index in [-0.39, 0.29) is 11.6 Å². The molecule has 0 fully saturated rings. The van der Waals surface area contributed by atoms with Crippen LogP contribution in [0.25, 0.3) is 16.9 Å². The van der Waals surface area contributed by atoms with Crippen LogP contribution in [0.3, 0.4) is 0 Å². The number of carbonyl (C=O) groups is 1. The molecule has 0 aliphatic rings. The van der Waals surface area contributed by atoms with Gasteiger partial charge in [0.2, 0.25) is 0 Å². The van der Waals surface area contributed by atoms with Crippen molar-refractivity contribution in [1.82, 2.24) is 25.2 Å². The molecular weight excluding hydrogens is 406 g/mol. The summed E-state index contributed by atoms with van der Waals surface area (Å²) in [6.45, 7) is 3.54. The summed E-state index contributed by atoms with van der Waals surface area (Å²) in [6.07, 6.45) is 1.48. The van der Waals surface area contributed by atoms with E-state index in [2.05, 4.69) is 25.8 Å². The molecule has 11 heteroatoms. The minimum Gasteiger partial charge on any atom is -0.298 e. The van der Waals surface area contributed by atoms with Crippen molar-refractivity contribution in [2.45, 2.75) is 13.8 Å². The molecule has 150 valence electrons. The molecule has 30 heavy (non-hydrogen) atoms. The average Bonchev–Trinajstić information content (AvgIpc) is 3.40. The van der Waals surface area contributed by atoms with E-state index < -0.39 is 4.92 Å². The highest BCUT2D eigenvalue weighted by molar-refractivity contribution is 7.14. The molecule has 1 amide bonds. The highest BCUT2D eigenvalue weighted by Crippen LogP contribution is 2.29. The molecule has 2 aromatic heterocycles. The van der Waals surface area contributed by atoms with Gasteiger partial charge in [-0.15, -0.1) is 16.4 Å². The minimum atomic E-state index is -0.421. The third-order valence-corrected chi connectivity index (χ3v) is 5.24. The molecule has 1 N–H and O–H groups in total. The molecule has 0 saturated heterocycles. The maximum Gasteiger partial charge on any atom is 0.272 e. The Morgan fingerprint density at radius 2 is 2.00 bits per heavy atom. The number of hydrogen-bond donors (Lipinski definition) is 1. The number of amides is 1. The third-order valence-electron chi connectivity index (χ3n) is 4.48. The molecule has 4 aromatic rings. The Balaban J connectivity index is 1.53. The number of nitro benzene ring substituents is 1. The van der Waals surface area contributed by atoms with Gasteiger partial charge in [-0.05, 0) is 48.0 Å². The Bertz CT molecular complexity index is 1250. The summed E-state index contributed by atoms with van der Waals surface area (Å²) in [5, 5.41) is 27.1. The Morgan fingerprint density at radius 1 is 1.17 bits per heavy atom. The Labute approximate surface area is 174 Å². The first-order valence-electron chi connectivity index (χ1n) is 8.78. The predicted molar refractivity (Wildman–Crippen MR) is 111 cm³/mol. The van der Waals surface area contributed by atoms with Gasteiger partial charge in [0.1, 0.15) is 6.33 Å². The van der Waals surface area contributed by atoms with Gasteiger partial charge in [-0.25, -0.2) is 9.67 Å². The lowest BCUT2D eigenvalue weighted by atomic mass is 10.1. The lowest BCUT2D eigenvalue weighted by molar-refractivity contribution is -0.385. The quantitative estimate of drug-likeness (QED) is 0.385. The summed E-state index contributed by atoms with van der Waals surface area (Å²) in [4.78, 5) is 27.7. The molecule has 0 aliphatic heterocycles. The van der Waals surface area contributed by atoms with Crippen LogP contribution in [0, 0.1) is 24.0 Å². The number of carbonyl (C=O) groups excluding carboxylic acids is 1. The standard InChI is InChI=1S/C19H15N7O3S/c1-11-3-4-13(8-17(11)26(28)29)15-9-30-19(21-15)22-18(27)14-5-6-16(12(2)7-14)25-10-20-23-24-25/h3-10H,1-2H3,(H,21,22,27). The van der Waals surface area contributed by atoms with Gasteiger partial charge >= 0.3 is 0 Å². The van der Waals surface area contributed by atoms with Gasteiger partial charge in [0.25, 0.3) is 11.6 Å². The SMILES string of the molecule is Cc1cc(C(=O)Nc2nc(-c3ccc(C)c([N+](=O)[O-])c3)cs2)ccc1-n1cnnn1. The lowest BCUT2D eigenvalue weighted by Gasteiger charge is -2.07. The van der Waals surface area contributed by atoms with Crippen LogP contribution in [0.1, 0.15) is 21.5 Å². The number of nitrogens with one attached hydrogen (secondary N) is 1. The van der Waals surface area contributed by atoms with E-state index >= 15 is 0 Å². The molecule has 2 heterocycles. The van der Waals surface area contributed by atoms with Crippen LogP contribution in [0.2, 0.25) is 0 Å². The zero-order chi connectivity index (χ0) is 21.3. The van der Waals surface area contributed by atoms with E-state index in [1.807, 2.05) is 6.92 Å². The smallest absolute Gasteiger partial charge is 0.272 e. The summed E-state index contributed by atoms with van der Waals surface area (Å²) >= 11 is 1.25. The lowest BCUT2D eigenvalue weighted by Crippen LogP contribution is -2.12. The van der Waals surface area contributed by atoms with Crippen molar-refractivity contribution in [3.8, 4) is 16.9 Å². The van der Waals surface area contributed by atoms with Gasteiger partial charge in [-0.3, -0.25) is 20.2 Å². The van der Waals surface area contributed by atoms with Crippen molar-refractivity contribution in [2.75, 3.05) is 5.32 Å². The summed E-state index contributed by atoms with van der Waals surface area (Å²) < 4.78 is 1.52. The predicted octanol–water partition coefficient (Wildman–Crippen LogP) is 3.56. The van der Waals surface area contributed by atoms with Gasteiger partial charge in [0.05, 0.1) is 16.3 Å². The van der Waals surface area contributed by atoms with E-state index in [0.717, 1.165) is 11.3 Å². The Morgan fingerprint density at radius 3 is 2.70 bits per heavy atom. The first kappa shape index (κ1) is 19.3. The molecule has 0 atom stereocenters. The van der Waals surface area contributed by atoms with Crippen molar-refractivity contribution in [2.24, 2.45) is 0 Å². The van der Waals surface area contributed by atoms with Crippen molar-refractivity contribution < 1.29 is 9.72 Å². The molecule has 4 rings (SSSR count). The maximum atomic E-state index is 12.6. The molecule has 0 radical (unpaired) electrons. The fourth-order valence-electron chi connectivity index (χ4n) is 2.92. The van der Waals surface area contributed by atoms with Crippen LogP contribution in [0.5, 0.6) is 0 Å². The van der Waals surface area contributed by atoms with Crippen LogP contribution in [0.4, 0.5) is 10.8 Å². The Hall–Kier alpha value is -3.99. The Kier molecular flexibility index (Phi) is 5.02. The summed E-state index contributed by atoms with van der Waals surface area (Å²) in [6, 6.07) is 10.1. The van der Waals surface area contributed by atoms with Gasteiger partial charge in [0, 0.05) is 28.1 Å². The van der Waals surface area contributed by atoms with Crippen LogP contribution in [-0.2, 0) is 0 Å². The van der Waals surface area contributed by atoms with E-state index in [1.165, 1.54) is 28.4 Å². The second-order valence-electron chi connectivity index (χ2n) is 6.51. The summed E-state index contributed by atoms with van der Waals surface area (Å²) in [7, 11) is 0. The molecule has 0 bridgehead atoms. The number of aromatic nitrogens is 5. The van der Waals surface area contributed by atoms with E-state index in [1.54, 1.807) is 42.6 Å². The number of thiazole rings is 1. The van der Waals surface area contributed by atoms with E-state index in [0.29, 0.717) is 27.5 Å². The first-order chi connectivity index (χ1) is 14.4. The highest BCUT2D eigenvalue weighted by atomic mass is 32.1. The van der Waals surface area contributed by atoms with Gasteiger partial charge < -0.3 is 0 Å². The van der Waals surface area contributed by atoms with E-state index in [4.69, 9.17) is 0 Å². The molecule has 0 unspecified atom stereocenters. The number of benzene rings is 2. The number of nitrogens with zero attached hydrogens (tertiary/aromatic N) is 6. The highest BCUT2D eigenvalue weighted by Gasteiger charge is 2.15. The average molecular weight is 421 g/mol. The molecule has 0 aliphatic carbocycles. The summed E-state index contributed by atoms with van der Waals surface area (Å²) in [5.74, 6) is -0.308. The fraction of sp³-hybridized carbons (Fsp3) is 0.105. The maximum absolute atomic E-state index is 12.6. The molecule has 2 aromatic carbocycles. The van der Waals surface area contributed by atoms with Gasteiger partial charge in [-0.2, -0.15) is 0 Å². The first-order valence-corrected chi connectivity index (χ1v) is 9.66. The third kappa shape index (κ3) is 3.78. The second-order valence-corrected chi connectivity index (χ2v) is 7.36. The van der Waals surface area contributed by atoms with Crippen molar-refractivity contribution in [3.63, 3.8) is 0 Å². The topological polar surface area (TPSA) is 129 Å². The number of nitro groups is 1. The zero-order valence-electron chi connectivity index (χ0n) is 15.9. The van der Waals surface area contributed by atoms with Crippen LogP contribution < -0.4 is 5.32 Å². The second kappa shape index (κ2) is 7.79. The van der Waals surface area contributed by atoms with Crippen LogP contribution in [0.15, 0.2) is 48.1 Å². The van der Waals surface area contributed by atoms with Crippen molar-refractivity contribution in [1.29, 1.82) is 0 Å². The minimum absolute atomic E-state index is 0.0317. The normalized spacial score (nSPS) is 10.7. The number of anilines is 1. The van der Waals surface area contributed by atoms with Crippen LogP contribution >= 0.6 is 11.3 Å². The largest absolute Gasteiger partial charge is 0.298 e. The number of aryl methyl sites for hydroxylation is 2. The summed E-state index contributed by atoms with van der Waals surface area (Å²) in [5.41, 5.74) is 3.86. The number of tetrazole rings is 1. The van der Waals surface area contributed by atoms with E-state index in [9.17, 15) is 14.9 Å². The fourth-order valence-corrected chi connectivity index (χ4v) is 3.64. The molecule has 10 nitrogen and oxygen atoms in total. The molecule has 0 spiro atoms. The van der Waals surface area contributed by atoms with Gasteiger partial charge in [-0.1, -0.05) is 12.1 Å². The van der Waals surface area contributed by atoms with Crippen molar-refractivity contribution in [3.05, 3.63) is 74.9 Å². The molecule has 0 saturated carbocycles. The van der Waals surface area contributed by atoms with Crippen LogP contribution in [-0.4, -0.2) is 36.0 Å². The monoisotopic (exact) mass is 421 g/mol. The number of rotatable bonds is 5. The van der Waals surface area contributed by atoms with Gasteiger partial charge in [0.15, 0.2) is 5.13 Å². The number of hydrogen-bond acceptors (Lipinski definition) is 8. The zero-order valence-corrected chi connectivity index (χ0v) is 16.8. The molecular formula is C19H15N7O3S. The van der Waals surface area contributed by atoms with Crippen molar-refractivity contribution >= 4 is 28.1 Å².